The predicted molar refractivity (Wildman–Crippen MR) is 86.4 cm³/mol. The summed E-state index contributed by atoms with van der Waals surface area (Å²) in [4.78, 5) is 12.9. The molecule has 0 saturated carbocycles. The van der Waals surface area contributed by atoms with Gasteiger partial charge in [0, 0.05) is 5.56 Å². The number of ether oxygens (including phenoxy) is 1. The number of rotatable bonds is 2. The Hall–Kier alpha value is -1.86. The molecule has 0 amide bonds. The molecule has 2 heterocycles. The zero-order valence-corrected chi connectivity index (χ0v) is 13.5. The summed E-state index contributed by atoms with van der Waals surface area (Å²) >= 11 is 0. The number of nitrogens with two attached hydrogens (primary N) is 1. The zero-order chi connectivity index (χ0) is 16.8. The van der Waals surface area contributed by atoms with Crippen LogP contribution in [0.5, 0.6) is 5.75 Å². The Morgan fingerprint density at radius 2 is 2.00 bits per heavy atom. The lowest BCUT2D eigenvalue weighted by molar-refractivity contribution is -0.384. The Kier molecular flexibility index (Phi) is 3.93. The van der Waals surface area contributed by atoms with Gasteiger partial charge in [-0.2, -0.15) is 0 Å². The number of nitrogens with zero attached hydrogens (tertiary/aromatic N) is 2. The molecule has 7 nitrogen and oxygen atoms in total. The van der Waals surface area contributed by atoms with Crippen LogP contribution in [0.25, 0.3) is 0 Å². The molecule has 0 aliphatic carbocycles. The van der Waals surface area contributed by atoms with Crippen molar-refractivity contribution >= 4 is 11.4 Å². The number of nitrogen functional groups attached to an aromatic ring is 1. The second-order valence-corrected chi connectivity index (χ2v) is 6.90. The van der Waals surface area contributed by atoms with E-state index in [0.717, 1.165) is 31.5 Å². The maximum atomic E-state index is 11.1. The van der Waals surface area contributed by atoms with Crippen molar-refractivity contribution in [1.29, 1.82) is 0 Å². The Balaban J connectivity index is 2.09. The molecule has 0 bridgehead atoms. The lowest BCUT2D eigenvalue weighted by Crippen LogP contribution is -2.54. The number of fused-ring (bicyclic) bond motifs is 1. The van der Waals surface area contributed by atoms with E-state index in [1.54, 1.807) is 19.9 Å². The van der Waals surface area contributed by atoms with Gasteiger partial charge in [0.1, 0.15) is 23.1 Å². The molecule has 0 spiro atoms. The van der Waals surface area contributed by atoms with E-state index >= 15 is 0 Å². The van der Waals surface area contributed by atoms with E-state index in [4.69, 9.17) is 10.5 Å². The van der Waals surface area contributed by atoms with E-state index in [2.05, 4.69) is 4.90 Å². The van der Waals surface area contributed by atoms with Crippen molar-refractivity contribution in [3.63, 3.8) is 0 Å². The van der Waals surface area contributed by atoms with Crippen molar-refractivity contribution in [2.75, 3.05) is 18.8 Å². The number of nitro groups is 1. The van der Waals surface area contributed by atoms with E-state index in [9.17, 15) is 15.2 Å². The summed E-state index contributed by atoms with van der Waals surface area (Å²) in [5, 5.41) is 22.0. The van der Waals surface area contributed by atoms with Gasteiger partial charge in [0.25, 0.3) is 5.69 Å². The fourth-order valence-corrected chi connectivity index (χ4v) is 3.57. The first-order valence-corrected chi connectivity index (χ1v) is 8.00. The molecule has 2 aliphatic rings. The topological polar surface area (TPSA) is 102 Å². The molecule has 126 valence electrons. The van der Waals surface area contributed by atoms with E-state index in [1.807, 2.05) is 0 Å². The molecule has 2 aliphatic heterocycles. The van der Waals surface area contributed by atoms with E-state index in [1.165, 1.54) is 12.5 Å². The molecule has 0 aromatic heterocycles. The van der Waals surface area contributed by atoms with Crippen molar-refractivity contribution < 1.29 is 14.8 Å². The highest BCUT2D eigenvalue weighted by Crippen LogP contribution is 2.46. The van der Waals surface area contributed by atoms with Crippen LogP contribution in [0, 0.1) is 10.1 Å². The Labute approximate surface area is 135 Å². The molecular formula is C16H23N3O4. The summed E-state index contributed by atoms with van der Waals surface area (Å²) in [7, 11) is 0. The summed E-state index contributed by atoms with van der Waals surface area (Å²) < 4.78 is 5.86. The Bertz CT molecular complexity index is 626. The summed E-state index contributed by atoms with van der Waals surface area (Å²) in [6.45, 7) is 5.40. The second kappa shape index (κ2) is 5.65. The highest BCUT2D eigenvalue weighted by atomic mass is 16.6. The van der Waals surface area contributed by atoms with Gasteiger partial charge in [0.05, 0.1) is 17.0 Å². The third-order valence-corrected chi connectivity index (χ3v) is 4.84. The lowest BCUT2D eigenvalue weighted by Gasteiger charge is -2.47. The van der Waals surface area contributed by atoms with E-state index in [-0.39, 0.29) is 17.4 Å². The number of likely N-dealkylation sites (tertiary alicyclic amines) is 1. The standard InChI is InChI=1S/C16H23N3O4/c1-16(2)15(20)14(18-6-4-3-5-7-18)10-8-11(17)12(19(21)22)9-13(10)23-16/h8-9,14-15,20H,3-7,17H2,1-2H3/t14-,15+/m0/s1. The normalized spacial score (nSPS) is 27.1. The maximum absolute atomic E-state index is 11.1. The molecule has 2 atom stereocenters. The monoisotopic (exact) mass is 321 g/mol. The van der Waals surface area contributed by atoms with Crippen LogP contribution in [0.1, 0.15) is 44.7 Å². The summed E-state index contributed by atoms with van der Waals surface area (Å²) in [6.07, 6.45) is 2.63. The molecule has 3 N–H and O–H groups in total. The lowest BCUT2D eigenvalue weighted by atomic mass is 9.84. The highest BCUT2D eigenvalue weighted by molar-refractivity contribution is 5.65. The maximum Gasteiger partial charge on any atom is 0.295 e. The van der Waals surface area contributed by atoms with E-state index in [0.29, 0.717) is 5.75 Å². The van der Waals surface area contributed by atoms with Gasteiger partial charge in [-0.15, -0.1) is 0 Å². The van der Waals surface area contributed by atoms with Gasteiger partial charge in [-0.05, 0) is 45.8 Å². The molecular weight excluding hydrogens is 298 g/mol. The van der Waals surface area contributed by atoms with Gasteiger partial charge in [-0.25, -0.2) is 0 Å². The number of piperidine rings is 1. The zero-order valence-electron chi connectivity index (χ0n) is 13.5. The number of hydrogen-bond acceptors (Lipinski definition) is 6. The van der Waals surface area contributed by atoms with Crippen LogP contribution in [0.3, 0.4) is 0 Å². The predicted octanol–water partition coefficient (Wildman–Crippen LogP) is 2.24. The number of nitro benzene ring substituents is 1. The van der Waals surface area contributed by atoms with Gasteiger partial charge < -0.3 is 15.6 Å². The number of anilines is 1. The molecule has 1 saturated heterocycles. The van der Waals surface area contributed by atoms with Crippen molar-refractivity contribution in [1.82, 2.24) is 4.90 Å². The van der Waals surface area contributed by atoms with Gasteiger partial charge in [0.15, 0.2) is 0 Å². The largest absolute Gasteiger partial charge is 0.484 e. The summed E-state index contributed by atoms with van der Waals surface area (Å²) in [5.74, 6) is 0.441. The minimum atomic E-state index is -0.820. The van der Waals surface area contributed by atoms with Crippen molar-refractivity contribution in [3.05, 3.63) is 27.8 Å². The fraction of sp³-hybridized carbons (Fsp3) is 0.625. The van der Waals surface area contributed by atoms with Crippen LogP contribution in [0.4, 0.5) is 11.4 Å². The highest BCUT2D eigenvalue weighted by Gasteiger charge is 2.46. The number of benzene rings is 1. The second-order valence-electron chi connectivity index (χ2n) is 6.90. The van der Waals surface area contributed by atoms with Gasteiger partial charge in [0.2, 0.25) is 0 Å². The number of aliphatic hydroxyl groups is 1. The Morgan fingerprint density at radius 3 is 2.61 bits per heavy atom. The fourth-order valence-electron chi connectivity index (χ4n) is 3.57. The molecule has 3 rings (SSSR count). The van der Waals surface area contributed by atoms with E-state index < -0.39 is 16.6 Å². The summed E-state index contributed by atoms with van der Waals surface area (Å²) in [5.41, 5.74) is 5.71. The van der Waals surface area contributed by atoms with Crippen LogP contribution in [0.15, 0.2) is 12.1 Å². The first-order chi connectivity index (χ1) is 10.8. The molecule has 7 heteroatoms. The molecule has 0 radical (unpaired) electrons. The molecule has 0 unspecified atom stereocenters. The third-order valence-electron chi connectivity index (χ3n) is 4.84. The molecule has 1 aromatic carbocycles. The first-order valence-electron chi connectivity index (χ1n) is 8.00. The average Bonchev–Trinajstić information content (AvgIpc) is 2.49. The number of aliphatic hydroxyl groups excluding tert-OH is 1. The van der Waals surface area contributed by atoms with Gasteiger partial charge in [-0.1, -0.05) is 6.42 Å². The first kappa shape index (κ1) is 16.0. The van der Waals surface area contributed by atoms with Crippen LogP contribution >= 0.6 is 0 Å². The quantitative estimate of drug-likeness (QED) is 0.492. The summed E-state index contributed by atoms with van der Waals surface area (Å²) in [6, 6.07) is 2.72. The van der Waals surface area contributed by atoms with Crippen molar-refractivity contribution in [3.8, 4) is 5.75 Å². The molecule has 1 fully saturated rings. The van der Waals surface area contributed by atoms with Gasteiger partial charge in [-0.3, -0.25) is 15.0 Å². The minimum Gasteiger partial charge on any atom is -0.484 e. The smallest absolute Gasteiger partial charge is 0.295 e. The Morgan fingerprint density at radius 1 is 1.35 bits per heavy atom. The van der Waals surface area contributed by atoms with Gasteiger partial charge >= 0.3 is 0 Å². The number of hydrogen-bond donors (Lipinski definition) is 2. The molecule has 1 aromatic rings. The van der Waals surface area contributed by atoms with Crippen molar-refractivity contribution in [2.45, 2.75) is 50.9 Å². The van der Waals surface area contributed by atoms with Crippen LogP contribution in [-0.4, -0.2) is 39.7 Å². The van der Waals surface area contributed by atoms with Crippen LogP contribution < -0.4 is 10.5 Å². The molecule has 23 heavy (non-hydrogen) atoms. The average molecular weight is 321 g/mol. The SMILES string of the molecule is CC1(C)Oc2cc([N+](=O)[O-])c(N)cc2[C@H](N2CCCCC2)[C@H]1O. The minimum absolute atomic E-state index is 0.103. The third kappa shape index (κ3) is 2.74. The van der Waals surface area contributed by atoms with Crippen molar-refractivity contribution in [2.24, 2.45) is 0 Å². The van der Waals surface area contributed by atoms with Crippen LogP contribution in [0.2, 0.25) is 0 Å². The van der Waals surface area contributed by atoms with Crippen LogP contribution in [-0.2, 0) is 0 Å².